The van der Waals surface area contributed by atoms with Gasteiger partial charge in [0.2, 0.25) is 21.9 Å². The normalized spacial score (nSPS) is 22.3. The van der Waals surface area contributed by atoms with Crippen molar-refractivity contribution < 1.29 is 13.2 Å². The van der Waals surface area contributed by atoms with Crippen LogP contribution in [0.2, 0.25) is 5.02 Å². The summed E-state index contributed by atoms with van der Waals surface area (Å²) >= 11 is 6.39. The molecule has 1 aliphatic heterocycles. The Bertz CT molecular complexity index is 1220. The molecule has 35 heavy (non-hydrogen) atoms. The summed E-state index contributed by atoms with van der Waals surface area (Å²) in [6.07, 6.45) is 7.49. The van der Waals surface area contributed by atoms with Gasteiger partial charge < -0.3 is 15.5 Å². The molecule has 2 aliphatic rings. The summed E-state index contributed by atoms with van der Waals surface area (Å²) < 4.78 is 26.3. The fourth-order valence-corrected chi connectivity index (χ4v) is 5.84. The molecule has 0 saturated heterocycles. The lowest BCUT2D eigenvalue weighted by Gasteiger charge is -2.32. The number of benzene rings is 1. The lowest BCUT2D eigenvalue weighted by molar-refractivity contribution is -0.118. The third-order valence-electron chi connectivity index (χ3n) is 6.88. The summed E-state index contributed by atoms with van der Waals surface area (Å²) in [7, 11) is -1.52. The first-order valence-electron chi connectivity index (χ1n) is 11.9. The van der Waals surface area contributed by atoms with Gasteiger partial charge in [0.15, 0.2) is 5.82 Å². The fourth-order valence-electron chi connectivity index (χ4n) is 4.86. The van der Waals surface area contributed by atoms with Crippen molar-refractivity contribution in [3.63, 3.8) is 0 Å². The minimum absolute atomic E-state index is 0.112. The van der Waals surface area contributed by atoms with Crippen LogP contribution >= 0.6 is 11.6 Å². The fraction of sp³-hybridized carbons (Fsp3) is 0.542. The molecule has 1 amide bonds. The SMILES string of the molecule is CN1C(=O)CCC(C)(C)c2cc(Nc3ncc(Cl)c(N[C@@H]4CCCC[C@H]4NS(C)(=O)=O)n3)ccc21. The van der Waals surface area contributed by atoms with Crippen LogP contribution in [0.25, 0.3) is 0 Å². The third kappa shape index (κ3) is 6.05. The van der Waals surface area contributed by atoms with Crippen LogP contribution in [0.1, 0.15) is 57.9 Å². The number of sulfonamides is 1. The van der Waals surface area contributed by atoms with Crippen molar-refractivity contribution >= 4 is 50.7 Å². The Kier molecular flexibility index (Phi) is 7.26. The molecular formula is C24H33ClN6O3S. The molecule has 2 heterocycles. The Hall–Kier alpha value is -2.43. The van der Waals surface area contributed by atoms with Gasteiger partial charge in [0.25, 0.3) is 0 Å². The molecule has 2 atom stereocenters. The molecule has 1 aliphatic carbocycles. The number of rotatable bonds is 6. The highest BCUT2D eigenvalue weighted by molar-refractivity contribution is 7.88. The van der Waals surface area contributed by atoms with Gasteiger partial charge in [0.1, 0.15) is 5.02 Å². The van der Waals surface area contributed by atoms with E-state index < -0.39 is 10.0 Å². The second kappa shape index (κ2) is 9.91. The highest BCUT2D eigenvalue weighted by atomic mass is 35.5. The Labute approximate surface area is 212 Å². The van der Waals surface area contributed by atoms with Gasteiger partial charge in [0, 0.05) is 36.9 Å². The minimum atomic E-state index is -3.33. The van der Waals surface area contributed by atoms with Crippen LogP contribution < -0.4 is 20.3 Å². The van der Waals surface area contributed by atoms with Crippen LogP contribution in [0.15, 0.2) is 24.4 Å². The van der Waals surface area contributed by atoms with Crippen molar-refractivity contribution in [1.29, 1.82) is 0 Å². The zero-order valence-corrected chi connectivity index (χ0v) is 22.1. The number of hydrogen-bond donors (Lipinski definition) is 3. The van der Waals surface area contributed by atoms with Crippen molar-refractivity contribution in [2.24, 2.45) is 0 Å². The zero-order chi connectivity index (χ0) is 25.4. The number of carbonyl (C=O) groups excluding carboxylic acids is 1. The molecule has 2 aromatic rings. The Morgan fingerprint density at radius 1 is 1.17 bits per heavy atom. The molecule has 1 aromatic heterocycles. The second-order valence-electron chi connectivity index (χ2n) is 10.1. The number of hydrogen-bond acceptors (Lipinski definition) is 7. The standard InChI is InChI=1S/C24H33ClN6O3S/c1-24(2)12-11-21(32)31(3)20-10-9-15(13-16(20)24)27-23-26-14-17(25)22(29-23)28-18-7-5-6-8-19(18)30-35(4,33)34/h9-10,13-14,18-19,30H,5-8,11-12H2,1-4H3,(H2,26,27,28,29)/t18-,19-/m1/s1. The molecule has 0 bridgehead atoms. The number of nitrogens with zero attached hydrogens (tertiary/aromatic N) is 3. The van der Waals surface area contributed by atoms with Gasteiger partial charge in [-0.25, -0.2) is 18.1 Å². The highest BCUT2D eigenvalue weighted by Gasteiger charge is 2.32. The maximum Gasteiger partial charge on any atom is 0.229 e. The van der Waals surface area contributed by atoms with Gasteiger partial charge in [-0.1, -0.05) is 38.3 Å². The Morgan fingerprint density at radius 2 is 1.89 bits per heavy atom. The quantitative estimate of drug-likeness (QED) is 0.523. The van der Waals surface area contributed by atoms with Gasteiger partial charge in [0.05, 0.1) is 12.5 Å². The monoisotopic (exact) mass is 520 g/mol. The zero-order valence-electron chi connectivity index (χ0n) is 20.6. The summed E-state index contributed by atoms with van der Waals surface area (Å²) in [6, 6.07) is 5.54. The van der Waals surface area contributed by atoms with E-state index in [9.17, 15) is 13.2 Å². The summed E-state index contributed by atoms with van der Waals surface area (Å²) in [5.41, 5.74) is 2.63. The van der Waals surface area contributed by atoms with Crippen LogP contribution in [-0.4, -0.2) is 49.7 Å². The lowest BCUT2D eigenvalue weighted by atomic mass is 9.80. The average molecular weight is 521 g/mol. The predicted molar refractivity (Wildman–Crippen MR) is 140 cm³/mol. The molecule has 1 aromatic carbocycles. The van der Waals surface area contributed by atoms with E-state index in [4.69, 9.17) is 11.6 Å². The topological polar surface area (TPSA) is 116 Å². The van der Waals surface area contributed by atoms with E-state index in [0.29, 0.717) is 23.2 Å². The molecule has 9 nitrogen and oxygen atoms in total. The number of nitrogens with one attached hydrogen (secondary N) is 3. The number of aromatic nitrogens is 2. The van der Waals surface area contributed by atoms with Gasteiger partial charge in [-0.3, -0.25) is 4.79 Å². The number of amides is 1. The Balaban J connectivity index is 1.57. The predicted octanol–water partition coefficient (Wildman–Crippen LogP) is 4.18. The summed E-state index contributed by atoms with van der Waals surface area (Å²) in [5, 5.41) is 6.96. The van der Waals surface area contributed by atoms with E-state index in [2.05, 4.69) is 39.2 Å². The molecule has 1 saturated carbocycles. The van der Waals surface area contributed by atoms with Gasteiger partial charge >= 0.3 is 0 Å². The van der Waals surface area contributed by atoms with Crippen molar-refractivity contribution in [2.75, 3.05) is 28.8 Å². The van der Waals surface area contributed by atoms with Crippen LogP contribution in [0, 0.1) is 0 Å². The molecular weight excluding hydrogens is 488 g/mol. The van der Waals surface area contributed by atoms with Crippen LogP contribution in [0.5, 0.6) is 0 Å². The molecule has 190 valence electrons. The van der Waals surface area contributed by atoms with Gasteiger partial charge in [-0.05, 0) is 48.4 Å². The maximum atomic E-state index is 12.4. The highest BCUT2D eigenvalue weighted by Crippen LogP contribution is 2.40. The van der Waals surface area contributed by atoms with Crippen molar-refractivity contribution in [3.8, 4) is 0 Å². The van der Waals surface area contributed by atoms with E-state index in [1.165, 1.54) is 12.5 Å². The number of fused-ring (bicyclic) bond motifs is 1. The van der Waals surface area contributed by atoms with E-state index in [0.717, 1.165) is 49.0 Å². The molecule has 11 heteroatoms. The largest absolute Gasteiger partial charge is 0.364 e. The van der Waals surface area contributed by atoms with Gasteiger partial charge in [-0.2, -0.15) is 4.98 Å². The van der Waals surface area contributed by atoms with E-state index in [1.807, 2.05) is 25.2 Å². The van der Waals surface area contributed by atoms with Crippen molar-refractivity contribution in [1.82, 2.24) is 14.7 Å². The van der Waals surface area contributed by atoms with E-state index in [-0.39, 0.29) is 23.4 Å². The van der Waals surface area contributed by atoms with Crippen LogP contribution in [0.4, 0.5) is 23.1 Å². The first-order chi connectivity index (χ1) is 16.4. The number of halogens is 1. The maximum absolute atomic E-state index is 12.4. The van der Waals surface area contributed by atoms with Crippen molar-refractivity contribution in [3.05, 3.63) is 35.0 Å². The number of anilines is 4. The molecule has 1 fully saturated rings. The smallest absolute Gasteiger partial charge is 0.229 e. The molecule has 0 radical (unpaired) electrons. The lowest BCUT2D eigenvalue weighted by Crippen LogP contribution is -2.48. The van der Waals surface area contributed by atoms with E-state index >= 15 is 0 Å². The van der Waals surface area contributed by atoms with Crippen LogP contribution in [0.3, 0.4) is 0 Å². The molecule has 3 N–H and O–H groups in total. The average Bonchev–Trinajstić information content (AvgIpc) is 2.87. The van der Waals surface area contributed by atoms with Crippen LogP contribution in [-0.2, 0) is 20.2 Å². The first-order valence-corrected chi connectivity index (χ1v) is 14.1. The molecule has 0 spiro atoms. The second-order valence-corrected chi connectivity index (χ2v) is 12.3. The molecule has 4 rings (SSSR count). The van der Waals surface area contributed by atoms with Crippen molar-refractivity contribution in [2.45, 2.75) is 69.9 Å². The van der Waals surface area contributed by atoms with Gasteiger partial charge in [-0.15, -0.1) is 0 Å². The minimum Gasteiger partial charge on any atom is -0.364 e. The summed E-state index contributed by atoms with van der Waals surface area (Å²) in [5.74, 6) is 0.939. The molecule has 0 unspecified atom stereocenters. The van der Waals surface area contributed by atoms with E-state index in [1.54, 1.807) is 4.90 Å². The number of carbonyl (C=O) groups is 1. The Morgan fingerprint density at radius 3 is 2.60 bits per heavy atom. The first kappa shape index (κ1) is 25.7. The third-order valence-corrected chi connectivity index (χ3v) is 7.89. The summed E-state index contributed by atoms with van der Waals surface area (Å²) in [6.45, 7) is 4.29. The summed E-state index contributed by atoms with van der Waals surface area (Å²) in [4.78, 5) is 23.0.